The van der Waals surface area contributed by atoms with Crippen LogP contribution in [0.3, 0.4) is 0 Å². The lowest BCUT2D eigenvalue weighted by Gasteiger charge is -2.36. The van der Waals surface area contributed by atoms with Gasteiger partial charge in [0.15, 0.2) is 0 Å². The molecule has 0 aliphatic heterocycles. The number of rotatable bonds is 9. The van der Waals surface area contributed by atoms with Crippen LogP contribution < -0.4 is 5.32 Å². The minimum Gasteiger partial charge on any atom is -0.383 e. The zero-order chi connectivity index (χ0) is 15.8. The Morgan fingerprint density at radius 1 is 1.14 bits per heavy atom. The first kappa shape index (κ1) is 18.1. The van der Waals surface area contributed by atoms with Gasteiger partial charge in [-0.3, -0.25) is 4.90 Å². The molecule has 120 valence electrons. The second kappa shape index (κ2) is 9.19. The average molecular weight is 292 g/mol. The summed E-state index contributed by atoms with van der Waals surface area (Å²) in [6, 6.07) is 10.2. The van der Waals surface area contributed by atoms with E-state index in [0.717, 1.165) is 19.6 Å². The fourth-order valence-corrected chi connectivity index (χ4v) is 2.74. The third-order valence-electron chi connectivity index (χ3n) is 4.40. The highest BCUT2D eigenvalue weighted by atomic mass is 16.5. The number of methoxy groups -OCH3 is 1. The molecule has 3 unspecified atom stereocenters. The zero-order valence-corrected chi connectivity index (χ0v) is 14.5. The van der Waals surface area contributed by atoms with Gasteiger partial charge in [-0.2, -0.15) is 0 Å². The highest BCUT2D eigenvalue weighted by Gasteiger charge is 2.24. The number of hydrogen-bond donors (Lipinski definition) is 1. The van der Waals surface area contributed by atoms with Crippen LogP contribution in [0.25, 0.3) is 0 Å². The molecular formula is C18H32N2O. The second-order valence-corrected chi connectivity index (χ2v) is 5.84. The van der Waals surface area contributed by atoms with Gasteiger partial charge in [0.1, 0.15) is 0 Å². The lowest BCUT2D eigenvalue weighted by Crippen LogP contribution is -2.46. The normalized spacial score (nSPS) is 16.0. The van der Waals surface area contributed by atoms with Crippen LogP contribution in [0.15, 0.2) is 24.3 Å². The smallest absolute Gasteiger partial charge is 0.0615 e. The van der Waals surface area contributed by atoms with Crippen molar-refractivity contribution < 1.29 is 4.74 Å². The first-order valence-electron chi connectivity index (χ1n) is 8.08. The summed E-state index contributed by atoms with van der Waals surface area (Å²) in [6.07, 6.45) is 1.09. The van der Waals surface area contributed by atoms with E-state index in [-0.39, 0.29) is 0 Å². The van der Waals surface area contributed by atoms with Crippen molar-refractivity contribution in [1.82, 2.24) is 10.2 Å². The minimum atomic E-state index is 0.338. The number of nitrogens with one attached hydrogen (secondary N) is 1. The van der Waals surface area contributed by atoms with E-state index in [4.69, 9.17) is 4.74 Å². The van der Waals surface area contributed by atoms with Crippen LogP contribution >= 0.6 is 0 Å². The van der Waals surface area contributed by atoms with Gasteiger partial charge in [0, 0.05) is 25.2 Å². The third-order valence-corrected chi connectivity index (χ3v) is 4.40. The highest BCUT2D eigenvalue weighted by molar-refractivity contribution is 5.26. The number of aryl methyl sites for hydroxylation is 1. The van der Waals surface area contributed by atoms with Gasteiger partial charge in [0.25, 0.3) is 0 Å². The SMILES string of the molecule is CCNC(c1ccc(CC)cc1)C(C)N(C)C(C)COC. The Labute approximate surface area is 130 Å². The summed E-state index contributed by atoms with van der Waals surface area (Å²) in [5.74, 6) is 0. The van der Waals surface area contributed by atoms with Gasteiger partial charge < -0.3 is 10.1 Å². The Morgan fingerprint density at radius 3 is 2.24 bits per heavy atom. The van der Waals surface area contributed by atoms with Crippen molar-refractivity contribution in [3.8, 4) is 0 Å². The fourth-order valence-electron chi connectivity index (χ4n) is 2.74. The maximum Gasteiger partial charge on any atom is 0.0615 e. The van der Waals surface area contributed by atoms with E-state index in [1.807, 2.05) is 0 Å². The van der Waals surface area contributed by atoms with Crippen LogP contribution in [-0.4, -0.2) is 44.3 Å². The van der Waals surface area contributed by atoms with E-state index >= 15 is 0 Å². The molecule has 0 heterocycles. The predicted octanol–water partition coefficient (Wildman–Crippen LogP) is 3.25. The van der Waals surface area contributed by atoms with Crippen molar-refractivity contribution in [2.24, 2.45) is 0 Å². The van der Waals surface area contributed by atoms with Crippen LogP contribution in [0.5, 0.6) is 0 Å². The molecule has 0 aliphatic rings. The van der Waals surface area contributed by atoms with Crippen LogP contribution in [0.4, 0.5) is 0 Å². The molecule has 0 bridgehead atoms. The summed E-state index contributed by atoms with van der Waals surface area (Å²) < 4.78 is 5.29. The van der Waals surface area contributed by atoms with E-state index < -0.39 is 0 Å². The van der Waals surface area contributed by atoms with Gasteiger partial charge in [-0.15, -0.1) is 0 Å². The summed E-state index contributed by atoms with van der Waals surface area (Å²) in [7, 11) is 3.94. The van der Waals surface area contributed by atoms with Crippen molar-refractivity contribution >= 4 is 0 Å². The molecule has 0 radical (unpaired) electrons. The largest absolute Gasteiger partial charge is 0.383 e. The maximum atomic E-state index is 5.29. The Morgan fingerprint density at radius 2 is 1.76 bits per heavy atom. The molecule has 1 aromatic carbocycles. The average Bonchev–Trinajstić information content (AvgIpc) is 2.51. The molecule has 0 aromatic heterocycles. The molecule has 0 spiro atoms. The van der Waals surface area contributed by atoms with E-state index in [1.165, 1.54) is 11.1 Å². The van der Waals surface area contributed by atoms with Crippen molar-refractivity contribution in [3.63, 3.8) is 0 Å². The molecule has 1 N–H and O–H groups in total. The van der Waals surface area contributed by atoms with Crippen LogP contribution in [0, 0.1) is 0 Å². The maximum absolute atomic E-state index is 5.29. The number of ether oxygens (including phenoxy) is 1. The quantitative estimate of drug-likeness (QED) is 0.756. The molecule has 3 heteroatoms. The molecule has 3 atom stereocenters. The number of likely N-dealkylation sites (N-methyl/N-ethyl adjacent to an activating group) is 2. The first-order valence-corrected chi connectivity index (χ1v) is 8.08. The Kier molecular flexibility index (Phi) is 7.94. The molecule has 0 saturated heterocycles. The Balaban J connectivity index is 2.88. The molecule has 0 amide bonds. The predicted molar refractivity (Wildman–Crippen MR) is 90.8 cm³/mol. The molecule has 3 nitrogen and oxygen atoms in total. The first-order chi connectivity index (χ1) is 10.0. The molecule has 21 heavy (non-hydrogen) atoms. The van der Waals surface area contributed by atoms with Gasteiger partial charge in [-0.25, -0.2) is 0 Å². The summed E-state index contributed by atoms with van der Waals surface area (Å²) in [6.45, 7) is 10.6. The summed E-state index contributed by atoms with van der Waals surface area (Å²) in [5, 5.41) is 3.63. The molecule has 0 saturated carbocycles. The van der Waals surface area contributed by atoms with Crippen LogP contribution in [0.1, 0.15) is 44.9 Å². The minimum absolute atomic E-state index is 0.338. The Hall–Kier alpha value is -0.900. The van der Waals surface area contributed by atoms with Gasteiger partial charge in [0.2, 0.25) is 0 Å². The third kappa shape index (κ3) is 5.10. The van der Waals surface area contributed by atoms with Crippen molar-refractivity contribution in [1.29, 1.82) is 0 Å². The standard InChI is InChI=1S/C18H32N2O/c1-7-16-9-11-17(12-10-16)18(19-8-2)15(4)20(5)14(3)13-21-6/h9-12,14-15,18-19H,7-8,13H2,1-6H3. The van der Waals surface area contributed by atoms with Crippen molar-refractivity contribution in [2.75, 3.05) is 27.3 Å². The van der Waals surface area contributed by atoms with E-state index in [0.29, 0.717) is 18.1 Å². The topological polar surface area (TPSA) is 24.5 Å². The van der Waals surface area contributed by atoms with E-state index in [2.05, 4.69) is 69.2 Å². The molecule has 1 rings (SSSR count). The molecule has 0 fully saturated rings. The fraction of sp³-hybridized carbons (Fsp3) is 0.667. The molecule has 0 aliphatic carbocycles. The van der Waals surface area contributed by atoms with Crippen LogP contribution in [-0.2, 0) is 11.2 Å². The van der Waals surface area contributed by atoms with Gasteiger partial charge in [-0.05, 0) is 45.0 Å². The van der Waals surface area contributed by atoms with Gasteiger partial charge in [0.05, 0.1) is 6.61 Å². The molecular weight excluding hydrogens is 260 g/mol. The lowest BCUT2D eigenvalue weighted by atomic mass is 9.97. The summed E-state index contributed by atoms with van der Waals surface area (Å²) >= 11 is 0. The van der Waals surface area contributed by atoms with E-state index in [1.54, 1.807) is 7.11 Å². The summed E-state index contributed by atoms with van der Waals surface area (Å²) in [5.41, 5.74) is 2.75. The number of hydrogen-bond acceptors (Lipinski definition) is 3. The van der Waals surface area contributed by atoms with Gasteiger partial charge in [-0.1, -0.05) is 38.1 Å². The van der Waals surface area contributed by atoms with E-state index in [9.17, 15) is 0 Å². The zero-order valence-electron chi connectivity index (χ0n) is 14.5. The number of benzene rings is 1. The van der Waals surface area contributed by atoms with Crippen molar-refractivity contribution in [3.05, 3.63) is 35.4 Å². The number of nitrogens with zero attached hydrogens (tertiary/aromatic N) is 1. The highest BCUT2D eigenvalue weighted by Crippen LogP contribution is 2.22. The lowest BCUT2D eigenvalue weighted by molar-refractivity contribution is 0.0812. The van der Waals surface area contributed by atoms with Crippen LogP contribution in [0.2, 0.25) is 0 Å². The second-order valence-electron chi connectivity index (χ2n) is 5.84. The summed E-state index contributed by atoms with van der Waals surface area (Å²) in [4.78, 5) is 2.39. The monoisotopic (exact) mass is 292 g/mol. The van der Waals surface area contributed by atoms with Gasteiger partial charge >= 0.3 is 0 Å². The molecule has 1 aromatic rings. The van der Waals surface area contributed by atoms with Crippen molar-refractivity contribution in [2.45, 2.75) is 52.2 Å². The Bertz CT molecular complexity index is 391.